The third kappa shape index (κ3) is 4.37. The van der Waals surface area contributed by atoms with E-state index in [0.29, 0.717) is 0 Å². The number of nitrogens with one attached hydrogen (secondary N) is 1. The van der Waals surface area contributed by atoms with Gasteiger partial charge in [0.25, 0.3) is 0 Å². The number of nitrogens with two attached hydrogens (primary N) is 1. The van der Waals surface area contributed by atoms with Crippen molar-refractivity contribution in [1.82, 2.24) is 5.32 Å². The van der Waals surface area contributed by atoms with Gasteiger partial charge in [-0.25, -0.2) is 0 Å². The van der Waals surface area contributed by atoms with Crippen molar-refractivity contribution in [1.29, 1.82) is 0 Å². The smallest absolute Gasteiger partial charge is 0.399 e. The summed E-state index contributed by atoms with van der Waals surface area (Å²) in [5.41, 5.74) is 4.68. The normalized spacial score (nSPS) is 10.4. The van der Waals surface area contributed by atoms with Crippen molar-refractivity contribution in [3.8, 4) is 11.8 Å². The van der Waals surface area contributed by atoms with Crippen molar-refractivity contribution in [2.75, 3.05) is 12.3 Å². The quantitative estimate of drug-likeness (QED) is 0.594. The molecule has 3 nitrogen and oxygen atoms in total. The maximum atomic E-state index is 12.5. The molecule has 0 fully saturated rings. The average molecular weight is 256 g/mol. The topological polar surface area (TPSA) is 55.1 Å². The second-order valence-electron chi connectivity index (χ2n) is 3.55. The number of amides is 1. The van der Waals surface area contributed by atoms with Crippen molar-refractivity contribution in [3.63, 3.8) is 0 Å². The first-order chi connectivity index (χ1) is 8.29. The molecule has 1 rings (SSSR count). The van der Waals surface area contributed by atoms with Crippen LogP contribution in [-0.2, 0) is 11.0 Å². The first-order valence-corrected chi connectivity index (χ1v) is 5.00. The lowest BCUT2D eigenvalue weighted by Gasteiger charge is -2.07. The Morgan fingerprint density at radius 1 is 1.39 bits per heavy atom. The minimum atomic E-state index is -4.45. The minimum absolute atomic E-state index is 0.00588. The van der Waals surface area contributed by atoms with Crippen LogP contribution in [0.2, 0.25) is 0 Å². The van der Waals surface area contributed by atoms with E-state index in [1.165, 1.54) is 13.0 Å². The van der Waals surface area contributed by atoms with Crippen LogP contribution in [0.25, 0.3) is 0 Å². The molecule has 0 atom stereocenters. The summed E-state index contributed by atoms with van der Waals surface area (Å²) in [6.07, 6.45) is -4.45. The zero-order valence-corrected chi connectivity index (χ0v) is 9.56. The van der Waals surface area contributed by atoms with E-state index in [9.17, 15) is 18.0 Å². The second kappa shape index (κ2) is 5.45. The Morgan fingerprint density at radius 3 is 2.61 bits per heavy atom. The lowest BCUT2D eigenvalue weighted by molar-refractivity contribution is -0.137. The molecule has 0 spiro atoms. The van der Waals surface area contributed by atoms with Gasteiger partial charge in [0, 0.05) is 18.2 Å². The molecule has 0 aliphatic carbocycles. The Morgan fingerprint density at radius 2 is 2.06 bits per heavy atom. The predicted octanol–water partition coefficient (Wildman–Crippen LogP) is 1.78. The van der Waals surface area contributed by atoms with Crippen molar-refractivity contribution >= 4 is 11.6 Å². The lowest BCUT2D eigenvalue weighted by atomic mass is 10.1. The van der Waals surface area contributed by atoms with Gasteiger partial charge in [-0.3, -0.25) is 4.79 Å². The Labute approximate surface area is 102 Å². The number of carbonyl (C=O) groups is 1. The van der Waals surface area contributed by atoms with Crippen LogP contribution in [-0.4, -0.2) is 12.5 Å². The maximum Gasteiger partial charge on any atom is 0.416 e. The van der Waals surface area contributed by atoms with E-state index >= 15 is 0 Å². The molecule has 0 unspecified atom stereocenters. The number of hydrogen-bond donors (Lipinski definition) is 2. The number of nitrogen functional groups attached to an aromatic ring is 1. The number of alkyl halides is 3. The number of anilines is 1. The van der Waals surface area contributed by atoms with Crippen LogP contribution in [0, 0.1) is 11.8 Å². The van der Waals surface area contributed by atoms with Gasteiger partial charge in [-0.2, -0.15) is 13.2 Å². The van der Waals surface area contributed by atoms with E-state index in [1.54, 1.807) is 0 Å². The standard InChI is InChI=1S/C12H11F3N2O/c1-8(18)17-4-2-3-9-5-10(12(13,14)15)7-11(16)6-9/h5-7H,4,16H2,1H3,(H,17,18). The van der Waals surface area contributed by atoms with E-state index in [2.05, 4.69) is 17.2 Å². The summed E-state index contributed by atoms with van der Waals surface area (Å²) in [7, 11) is 0. The van der Waals surface area contributed by atoms with Gasteiger partial charge in [0.15, 0.2) is 0 Å². The summed E-state index contributed by atoms with van der Waals surface area (Å²) in [4.78, 5) is 10.5. The third-order valence-electron chi connectivity index (χ3n) is 1.94. The van der Waals surface area contributed by atoms with Crippen molar-refractivity contribution < 1.29 is 18.0 Å². The Bertz CT molecular complexity index is 512. The monoisotopic (exact) mass is 256 g/mol. The first kappa shape index (κ1) is 13.9. The number of carbonyl (C=O) groups excluding carboxylic acids is 1. The number of rotatable bonds is 1. The lowest BCUT2D eigenvalue weighted by Crippen LogP contribution is -2.19. The molecular weight excluding hydrogens is 245 g/mol. The third-order valence-corrected chi connectivity index (χ3v) is 1.94. The summed E-state index contributed by atoms with van der Waals surface area (Å²) >= 11 is 0. The summed E-state index contributed by atoms with van der Waals surface area (Å²) < 4.78 is 37.4. The Kier molecular flexibility index (Phi) is 4.21. The van der Waals surface area contributed by atoms with Crippen molar-refractivity contribution in [2.45, 2.75) is 13.1 Å². The van der Waals surface area contributed by atoms with Crippen LogP contribution in [0.3, 0.4) is 0 Å². The van der Waals surface area contributed by atoms with Gasteiger partial charge in [0.05, 0.1) is 12.1 Å². The molecule has 0 radical (unpaired) electrons. The highest BCUT2D eigenvalue weighted by Gasteiger charge is 2.30. The zero-order chi connectivity index (χ0) is 13.8. The molecule has 0 aliphatic rings. The van der Waals surface area contributed by atoms with Gasteiger partial charge in [-0.1, -0.05) is 11.8 Å². The van der Waals surface area contributed by atoms with E-state index in [0.717, 1.165) is 12.1 Å². The van der Waals surface area contributed by atoms with Crippen LogP contribution >= 0.6 is 0 Å². The Hall–Kier alpha value is -2.16. The van der Waals surface area contributed by atoms with Gasteiger partial charge >= 0.3 is 6.18 Å². The van der Waals surface area contributed by atoms with Crippen LogP contribution < -0.4 is 11.1 Å². The number of hydrogen-bond acceptors (Lipinski definition) is 2. The summed E-state index contributed by atoms with van der Waals surface area (Å²) in [6.45, 7) is 1.40. The van der Waals surface area contributed by atoms with Crippen LogP contribution in [0.5, 0.6) is 0 Å². The van der Waals surface area contributed by atoms with Gasteiger partial charge < -0.3 is 11.1 Å². The zero-order valence-electron chi connectivity index (χ0n) is 9.56. The minimum Gasteiger partial charge on any atom is -0.399 e. The highest BCUT2D eigenvalue weighted by atomic mass is 19.4. The summed E-state index contributed by atoms with van der Waals surface area (Å²) in [5.74, 6) is 4.79. The van der Waals surface area contributed by atoms with Gasteiger partial charge in [-0.05, 0) is 18.2 Å². The highest BCUT2D eigenvalue weighted by Crippen LogP contribution is 2.31. The molecule has 0 bridgehead atoms. The van der Waals surface area contributed by atoms with Gasteiger partial charge in [-0.15, -0.1) is 0 Å². The molecule has 96 valence electrons. The molecule has 3 N–H and O–H groups in total. The second-order valence-corrected chi connectivity index (χ2v) is 3.55. The fraction of sp³-hybridized carbons (Fsp3) is 0.250. The maximum absolute atomic E-state index is 12.5. The van der Waals surface area contributed by atoms with E-state index in [-0.39, 0.29) is 23.7 Å². The summed E-state index contributed by atoms with van der Waals surface area (Å²) in [6, 6.07) is 3.10. The fourth-order valence-corrected chi connectivity index (χ4v) is 1.20. The molecule has 1 aromatic rings. The molecule has 0 heterocycles. The van der Waals surface area contributed by atoms with E-state index in [1.807, 2.05) is 0 Å². The van der Waals surface area contributed by atoms with Gasteiger partial charge in [0.2, 0.25) is 5.91 Å². The van der Waals surface area contributed by atoms with E-state index < -0.39 is 11.7 Å². The van der Waals surface area contributed by atoms with Crippen LogP contribution in [0.4, 0.5) is 18.9 Å². The molecule has 0 aromatic heterocycles. The molecule has 6 heteroatoms. The Balaban J connectivity index is 2.90. The molecule has 0 saturated carbocycles. The van der Waals surface area contributed by atoms with Crippen LogP contribution in [0.15, 0.2) is 18.2 Å². The SMILES string of the molecule is CC(=O)NCC#Cc1cc(N)cc(C(F)(F)F)c1. The molecule has 1 amide bonds. The molecular formula is C12H11F3N2O. The molecule has 1 aromatic carbocycles. The van der Waals surface area contributed by atoms with Crippen LogP contribution in [0.1, 0.15) is 18.1 Å². The van der Waals surface area contributed by atoms with Crippen molar-refractivity contribution in [2.24, 2.45) is 0 Å². The molecule has 0 aliphatic heterocycles. The highest BCUT2D eigenvalue weighted by molar-refractivity contribution is 5.73. The first-order valence-electron chi connectivity index (χ1n) is 5.00. The largest absolute Gasteiger partial charge is 0.416 e. The molecule has 18 heavy (non-hydrogen) atoms. The summed E-state index contributed by atoms with van der Waals surface area (Å²) in [5, 5.41) is 2.41. The average Bonchev–Trinajstić information content (AvgIpc) is 2.22. The molecule has 0 saturated heterocycles. The number of benzene rings is 1. The fourth-order valence-electron chi connectivity index (χ4n) is 1.20. The van der Waals surface area contributed by atoms with Gasteiger partial charge in [0.1, 0.15) is 0 Å². The predicted molar refractivity (Wildman–Crippen MR) is 61.4 cm³/mol. The number of halogens is 3. The van der Waals surface area contributed by atoms with E-state index in [4.69, 9.17) is 5.73 Å². The van der Waals surface area contributed by atoms with Crippen molar-refractivity contribution in [3.05, 3.63) is 29.3 Å².